The van der Waals surface area contributed by atoms with E-state index in [1.54, 1.807) is 11.6 Å². The molecule has 2 rings (SSSR count). The predicted molar refractivity (Wildman–Crippen MR) is 60.6 cm³/mol. The molecule has 0 aliphatic heterocycles. The third-order valence-corrected chi connectivity index (χ3v) is 3.02. The number of nitrogens with zero attached hydrogens (tertiary/aromatic N) is 1. The molecular formula is C10H10N2O3S. The summed E-state index contributed by atoms with van der Waals surface area (Å²) in [5, 5.41) is 18.3. The fourth-order valence-corrected chi connectivity index (χ4v) is 2.22. The second kappa shape index (κ2) is 4.07. The summed E-state index contributed by atoms with van der Waals surface area (Å²) >= 11 is 1.39. The Hall–Kier alpha value is -1.66. The van der Waals surface area contributed by atoms with Gasteiger partial charge >= 0.3 is 5.97 Å². The van der Waals surface area contributed by atoms with Gasteiger partial charge in [0.25, 0.3) is 0 Å². The zero-order valence-corrected chi connectivity index (χ0v) is 9.07. The Labute approximate surface area is 95.2 Å². The van der Waals surface area contributed by atoms with E-state index in [1.165, 1.54) is 17.4 Å². The molecule has 1 aromatic carbocycles. The van der Waals surface area contributed by atoms with E-state index in [-0.39, 0.29) is 12.2 Å². The number of aromatic nitrogens is 1. The Morgan fingerprint density at radius 1 is 1.56 bits per heavy atom. The Bertz CT molecular complexity index is 538. The van der Waals surface area contributed by atoms with Crippen LogP contribution in [0.4, 0.5) is 0 Å². The Balaban J connectivity index is 2.35. The molecule has 5 nitrogen and oxygen atoms in total. The van der Waals surface area contributed by atoms with Crippen LogP contribution in [0.15, 0.2) is 17.6 Å². The summed E-state index contributed by atoms with van der Waals surface area (Å²) < 4.78 is 0.826. The maximum atomic E-state index is 10.6. The van der Waals surface area contributed by atoms with Crippen molar-refractivity contribution in [2.24, 2.45) is 5.73 Å². The fraction of sp³-hybridized carbons (Fsp3) is 0.200. The lowest BCUT2D eigenvalue weighted by atomic mass is 10.1. The smallest absolute Gasteiger partial charge is 0.320 e. The van der Waals surface area contributed by atoms with Crippen molar-refractivity contribution in [3.8, 4) is 5.75 Å². The van der Waals surface area contributed by atoms with E-state index >= 15 is 0 Å². The summed E-state index contributed by atoms with van der Waals surface area (Å²) in [6.45, 7) is 0. The SMILES string of the molecule is N[C@@H](Cc1cc(O)c2ncsc2c1)C(=O)O. The van der Waals surface area contributed by atoms with Crippen LogP contribution in [-0.2, 0) is 11.2 Å². The number of aromatic hydroxyl groups is 1. The van der Waals surface area contributed by atoms with Crippen molar-refractivity contribution in [2.75, 3.05) is 0 Å². The highest BCUT2D eigenvalue weighted by Crippen LogP contribution is 2.28. The quantitative estimate of drug-likeness (QED) is 0.740. The van der Waals surface area contributed by atoms with Crippen molar-refractivity contribution in [1.82, 2.24) is 4.98 Å². The third-order valence-electron chi connectivity index (χ3n) is 2.25. The first-order valence-corrected chi connectivity index (χ1v) is 5.49. The van der Waals surface area contributed by atoms with Gasteiger partial charge < -0.3 is 15.9 Å². The first-order valence-electron chi connectivity index (χ1n) is 4.61. The molecule has 0 fully saturated rings. The second-order valence-electron chi connectivity index (χ2n) is 3.46. The number of phenols is 1. The van der Waals surface area contributed by atoms with Crippen LogP contribution in [0.2, 0.25) is 0 Å². The van der Waals surface area contributed by atoms with Crippen LogP contribution in [0.3, 0.4) is 0 Å². The molecule has 0 aliphatic rings. The van der Waals surface area contributed by atoms with Crippen molar-refractivity contribution in [1.29, 1.82) is 0 Å². The molecule has 0 saturated carbocycles. The number of thiazole rings is 1. The Morgan fingerprint density at radius 2 is 2.31 bits per heavy atom. The largest absolute Gasteiger partial charge is 0.506 e. The van der Waals surface area contributed by atoms with Crippen LogP contribution in [0.1, 0.15) is 5.56 Å². The molecule has 6 heteroatoms. The monoisotopic (exact) mass is 238 g/mol. The minimum Gasteiger partial charge on any atom is -0.506 e. The molecule has 0 amide bonds. The van der Waals surface area contributed by atoms with Crippen LogP contribution >= 0.6 is 11.3 Å². The van der Waals surface area contributed by atoms with Crippen molar-refractivity contribution in [2.45, 2.75) is 12.5 Å². The lowest BCUT2D eigenvalue weighted by molar-refractivity contribution is -0.138. The van der Waals surface area contributed by atoms with E-state index in [2.05, 4.69) is 4.98 Å². The van der Waals surface area contributed by atoms with Crippen LogP contribution in [0, 0.1) is 0 Å². The van der Waals surface area contributed by atoms with Gasteiger partial charge in [-0.15, -0.1) is 11.3 Å². The van der Waals surface area contributed by atoms with Gasteiger partial charge in [-0.3, -0.25) is 4.79 Å². The number of carboxylic acids is 1. The highest BCUT2D eigenvalue weighted by molar-refractivity contribution is 7.16. The standard InChI is InChI=1S/C10H10N2O3S/c11-6(10(14)15)1-5-2-7(13)9-8(3-5)16-4-12-9/h2-4,6,13H,1,11H2,(H,14,15)/t6-/m0/s1. The molecule has 1 aromatic heterocycles. The molecule has 0 saturated heterocycles. The number of carboxylic acid groups (broad SMARTS) is 1. The summed E-state index contributed by atoms with van der Waals surface area (Å²) in [5.74, 6) is -0.991. The molecule has 84 valence electrons. The number of nitrogens with two attached hydrogens (primary N) is 1. The van der Waals surface area contributed by atoms with Gasteiger partial charge in [-0.1, -0.05) is 0 Å². The molecule has 0 radical (unpaired) electrons. The van der Waals surface area contributed by atoms with Crippen LogP contribution in [0.25, 0.3) is 10.2 Å². The summed E-state index contributed by atoms with van der Waals surface area (Å²) in [4.78, 5) is 14.6. The number of hydrogen-bond donors (Lipinski definition) is 3. The maximum Gasteiger partial charge on any atom is 0.320 e. The molecule has 0 spiro atoms. The van der Waals surface area contributed by atoms with Crippen LogP contribution in [-0.4, -0.2) is 27.2 Å². The van der Waals surface area contributed by atoms with Gasteiger partial charge in [-0.25, -0.2) is 4.98 Å². The lowest BCUT2D eigenvalue weighted by Gasteiger charge is -2.06. The van der Waals surface area contributed by atoms with Crippen molar-refractivity contribution in [3.63, 3.8) is 0 Å². The normalized spacial score (nSPS) is 12.8. The topological polar surface area (TPSA) is 96.4 Å². The lowest BCUT2D eigenvalue weighted by Crippen LogP contribution is -2.32. The highest BCUT2D eigenvalue weighted by atomic mass is 32.1. The first-order chi connectivity index (χ1) is 7.58. The molecule has 0 bridgehead atoms. The predicted octanol–water partition coefficient (Wildman–Crippen LogP) is 0.956. The number of fused-ring (bicyclic) bond motifs is 1. The molecule has 2 aromatic rings. The summed E-state index contributed by atoms with van der Waals surface area (Å²) in [6, 6.07) is 2.35. The molecule has 0 unspecified atom stereocenters. The number of phenolic OH excluding ortho intramolecular Hbond substituents is 1. The summed E-state index contributed by atoms with van der Waals surface area (Å²) in [7, 11) is 0. The Morgan fingerprint density at radius 3 is 3.00 bits per heavy atom. The number of carbonyl (C=O) groups is 1. The first kappa shape index (κ1) is 10.8. The van der Waals surface area contributed by atoms with E-state index in [0.717, 1.165) is 4.70 Å². The van der Waals surface area contributed by atoms with Crippen LogP contribution < -0.4 is 5.73 Å². The van der Waals surface area contributed by atoms with Crippen molar-refractivity contribution >= 4 is 27.5 Å². The van der Waals surface area contributed by atoms with Gasteiger partial charge in [0.15, 0.2) is 0 Å². The van der Waals surface area contributed by atoms with Gasteiger partial charge in [0, 0.05) is 0 Å². The van der Waals surface area contributed by atoms with Gasteiger partial charge in [-0.2, -0.15) is 0 Å². The van der Waals surface area contributed by atoms with E-state index < -0.39 is 12.0 Å². The van der Waals surface area contributed by atoms with Crippen molar-refractivity contribution in [3.05, 3.63) is 23.2 Å². The minimum atomic E-state index is -1.05. The molecule has 16 heavy (non-hydrogen) atoms. The zero-order chi connectivity index (χ0) is 11.7. The zero-order valence-electron chi connectivity index (χ0n) is 8.25. The van der Waals surface area contributed by atoms with Crippen molar-refractivity contribution < 1.29 is 15.0 Å². The highest BCUT2D eigenvalue weighted by Gasteiger charge is 2.14. The van der Waals surface area contributed by atoms with Gasteiger partial charge in [-0.05, 0) is 24.1 Å². The minimum absolute atomic E-state index is 0.0614. The van der Waals surface area contributed by atoms with E-state index in [9.17, 15) is 9.90 Å². The number of aliphatic carboxylic acids is 1. The number of benzene rings is 1. The van der Waals surface area contributed by atoms with Crippen LogP contribution in [0.5, 0.6) is 5.75 Å². The van der Waals surface area contributed by atoms with E-state index in [1.807, 2.05) is 0 Å². The number of hydrogen-bond acceptors (Lipinski definition) is 5. The summed E-state index contributed by atoms with van der Waals surface area (Å²) in [6.07, 6.45) is 0.191. The molecule has 1 heterocycles. The van der Waals surface area contributed by atoms with E-state index in [0.29, 0.717) is 11.1 Å². The number of rotatable bonds is 3. The molecular weight excluding hydrogens is 228 g/mol. The second-order valence-corrected chi connectivity index (χ2v) is 4.35. The van der Waals surface area contributed by atoms with Gasteiger partial charge in [0.05, 0.1) is 10.2 Å². The third kappa shape index (κ3) is 1.98. The molecule has 4 N–H and O–H groups in total. The van der Waals surface area contributed by atoms with Gasteiger partial charge in [0.1, 0.15) is 17.3 Å². The summed E-state index contributed by atoms with van der Waals surface area (Å²) in [5.41, 5.74) is 8.29. The maximum absolute atomic E-state index is 10.6. The molecule has 1 atom stereocenters. The van der Waals surface area contributed by atoms with Gasteiger partial charge in [0.2, 0.25) is 0 Å². The Kier molecular flexibility index (Phi) is 2.76. The average Bonchev–Trinajstić information content (AvgIpc) is 2.65. The fourth-order valence-electron chi connectivity index (χ4n) is 1.46. The van der Waals surface area contributed by atoms with E-state index in [4.69, 9.17) is 10.8 Å². The molecule has 0 aliphatic carbocycles. The average molecular weight is 238 g/mol.